The molecule has 2 heterocycles. The first kappa shape index (κ1) is 13.3. The molecule has 0 unspecified atom stereocenters. The summed E-state index contributed by atoms with van der Waals surface area (Å²) in [5.41, 5.74) is 2.45. The third kappa shape index (κ3) is 2.15. The highest BCUT2D eigenvalue weighted by atomic mass is 79.9. The Morgan fingerprint density at radius 3 is 3.00 bits per heavy atom. The molecule has 1 aromatic rings. The van der Waals surface area contributed by atoms with E-state index in [-0.39, 0.29) is 0 Å². The van der Waals surface area contributed by atoms with E-state index in [9.17, 15) is 0 Å². The first-order valence-corrected chi connectivity index (χ1v) is 7.59. The quantitative estimate of drug-likeness (QED) is 0.791. The first-order valence-electron chi connectivity index (χ1n) is 6.80. The van der Waals surface area contributed by atoms with Crippen LogP contribution in [0, 0.1) is 12.8 Å². The summed E-state index contributed by atoms with van der Waals surface area (Å²) in [6, 6.07) is 2.09. The van der Waals surface area contributed by atoms with Crippen LogP contribution in [0.15, 0.2) is 10.5 Å². The number of rotatable bonds is 1. The molecular weight excluding hydrogens is 306 g/mol. The number of nitrogens with zero attached hydrogens (tertiary/aromatic N) is 1. The summed E-state index contributed by atoms with van der Waals surface area (Å²) in [7, 11) is 3.94. The average Bonchev–Trinajstić information content (AvgIpc) is 2.39. The fourth-order valence-electron chi connectivity index (χ4n) is 3.38. The molecule has 0 spiro atoms. The number of likely N-dealkylation sites (tertiary alicyclic amines) is 1. The van der Waals surface area contributed by atoms with Gasteiger partial charge in [-0.2, -0.15) is 0 Å². The molecule has 1 fully saturated rings. The molecule has 4 heteroatoms. The number of halogens is 1. The molecule has 0 bridgehead atoms. The molecule has 3 nitrogen and oxygen atoms in total. The van der Waals surface area contributed by atoms with Crippen molar-refractivity contribution in [1.82, 2.24) is 4.90 Å². The summed E-state index contributed by atoms with van der Waals surface area (Å²) in [5.74, 6) is 3.13. The molecule has 104 valence electrons. The van der Waals surface area contributed by atoms with Gasteiger partial charge in [0.2, 0.25) is 0 Å². The second-order valence-electron chi connectivity index (χ2n) is 5.68. The number of fused-ring (bicyclic) bond motifs is 3. The van der Waals surface area contributed by atoms with Crippen molar-refractivity contribution in [3.05, 3.63) is 21.7 Å². The highest BCUT2D eigenvalue weighted by Gasteiger charge is 2.38. The predicted octanol–water partition coefficient (Wildman–Crippen LogP) is 3.19. The number of aryl methyl sites for hydroxylation is 1. The number of piperidine rings is 1. The van der Waals surface area contributed by atoms with E-state index in [1.807, 2.05) is 0 Å². The Morgan fingerprint density at radius 2 is 2.26 bits per heavy atom. The third-order valence-corrected chi connectivity index (χ3v) is 4.97. The number of hydrogen-bond donors (Lipinski definition) is 0. The first-order chi connectivity index (χ1) is 9.11. The van der Waals surface area contributed by atoms with Crippen molar-refractivity contribution < 1.29 is 9.47 Å². The zero-order chi connectivity index (χ0) is 13.6. The van der Waals surface area contributed by atoms with Gasteiger partial charge < -0.3 is 14.4 Å². The predicted molar refractivity (Wildman–Crippen MR) is 79.3 cm³/mol. The number of benzene rings is 1. The molecular formula is C15H20BrNO2. The topological polar surface area (TPSA) is 21.7 Å². The second kappa shape index (κ2) is 4.98. The lowest BCUT2D eigenvalue weighted by molar-refractivity contribution is 0.111. The molecule has 1 aromatic carbocycles. The van der Waals surface area contributed by atoms with Crippen molar-refractivity contribution in [3.63, 3.8) is 0 Å². The molecule has 3 rings (SSSR count). The number of methoxy groups -OCH3 is 1. The van der Waals surface area contributed by atoms with Crippen molar-refractivity contribution in [2.24, 2.45) is 5.92 Å². The summed E-state index contributed by atoms with van der Waals surface area (Å²) in [4.78, 5) is 2.41. The van der Waals surface area contributed by atoms with Gasteiger partial charge in [-0.1, -0.05) is 0 Å². The molecule has 0 saturated carbocycles. The van der Waals surface area contributed by atoms with E-state index in [1.165, 1.54) is 17.5 Å². The molecule has 2 aliphatic heterocycles. The average molecular weight is 326 g/mol. The van der Waals surface area contributed by atoms with E-state index < -0.39 is 0 Å². The van der Waals surface area contributed by atoms with Gasteiger partial charge in [-0.25, -0.2) is 0 Å². The van der Waals surface area contributed by atoms with Crippen LogP contribution in [0.2, 0.25) is 0 Å². The Morgan fingerprint density at radius 1 is 1.47 bits per heavy atom. The zero-order valence-electron chi connectivity index (χ0n) is 11.7. The van der Waals surface area contributed by atoms with Gasteiger partial charge in [0, 0.05) is 23.9 Å². The standard InChI is InChI=1S/C15H20BrNO2/c1-9-6-12(16)15(18-3)13-11-7-17(2)5-4-10(11)8-19-14(9)13/h6,10-11H,4-5,7-8H2,1-3H3/t10-,11-/m0/s1. The minimum Gasteiger partial charge on any atom is -0.495 e. The summed E-state index contributed by atoms with van der Waals surface area (Å²) >= 11 is 3.62. The Kier molecular flexibility index (Phi) is 3.48. The lowest BCUT2D eigenvalue weighted by atomic mass is 9.78. The maximum absolute atomic E-state index is 6.04. The van der Waals surface area contributed by atoms with Crippen molar-refractivity contribution in [1.29, 1.82) is 0 Å². The Balaban J connectivity index is 2.13. The van der Waals surface area contributed by atoms with E-state index in [0.717, 1.165) is 35.7 Å². The number of ether oxygens (including phenoxy) is 2. The minimum atomic E-state index is 0.522. The van der Waals surface area contributed by atoms with E-state index in [2.05, 4.69) is 40.9 Å². The van der Waals surface area contributed by atoms with E-state index in [1.54, 1.807) is 7.11 Å². The highest BCUT2D eigenvalue weighted by molar-refractivity contribution is 9.10. The van der Waals surface area contributed by atoms with Crippen LogP contribution in [-0.4, -0.2) is 38.8 Å². The van der Waals surface area contributed by atoms with Crippen LogP contribution in [-0.2, 0) is 0 Å². The number of likely N-dealkylation sites (N-methyl/N-ethyl adjacent to an activating group) is 1. The van der Waals surface area contributed by atoms with Crippen LogP contribution in [0.3, 0.4) is 0 Å². The van der Waals surface area contributed by atoms with E-state index in [4.69, 9.17) is 9.47 Å². The van der Waals surface area contributed by atoms with Gasteiger partial charge in [0.1, 0.15) is 11.5 Å². The molecule has 19 heavy (non-hydrogen) atoms. The molecule has 0 aliphatic carbocycles. The van der Waals surface area contributed by atoms with Crippen LogP contribution >= 0.6 is 15.9 Å². The largest absolute Gasteiger partial charge is 0.495 e. The molecule has 0 radical (unpaired) electrons. The van der Waals surface area contributed by atoms with Gasteiger partial charge in [0.15, 0.2) is 0 Å². The smallest absolute Gasteiger partial charge is 0.140 e. The van der Waals surface area contributed by atoms with Crippen LogP contribution in [0.1, 0.15) is 23.5 Å². The van der Waals surface area contributed by atoms with Crippen LogP contribution < -0.4 is 9.47 Å². The molecule has 0 aromatic heterocycles. The van der Waals surface area contributed by atoms with Crippen molar-refractivity contribution >= 4 is 15.9 Å². The van der Waals surface area contributed by atoms with Crippen molar-refractivity contribution in [3.8, 4) is 11.5 Å². The monoisotopic (exact) mass is 325 g/mol. The Labute approximate surface area is 123 Å². The fraction of sp³-hybridized carbons (Fsp3) is 0.600. The summed E-state index contributed by atoms with van der Waals surface area (Å²) in [6.45, 7) is 5.20. The third-order valence-electron chi connectivity index (χ3n) is 4.38. The SMILES string of the molecule is COc1c(Br)cc(C)c2c1[C@H]1CN(C)CC[C@H]1CO2. The fourth-order valence-corrected chi connectivity index (χ4v) is 4.10. The molecule has 1 saturated heterocycles. The maximum atomic E-state index is 6.04. The minimum absolute atomic E-state index is 0.522. The van der Waals surface area contributed by atoms with Gasteiger partial charge in [0.05, 0.1) is 18.2 Å². The van der Waals surface area contributed by atoms with E-state index in [0.29, 0.717) is 11.8 Å². The highest BCUT2D eigenvalue weighted by Crippen LogP contribution is 2.49. The Bertz CT molecular complexity index is 483. The lowest BCUT2D eigenvalue weighted by Gasteiger charge is -2.41. The molecule has 0 N–H and O–H groups in total. The van der Waals surface area contributed by atoms with Gasteiger partial charge in [0.25, 0.3) is 0 Å². The van der Waals surface area contributed by atoms with Crippen molar-refractivity contribution in [2.45, 2.75) is 19.3 Å². The molecule has 0 amide bonds. The van der Waals surface area contributed by atoms with E-state index >= 15 is 0 Å². The zero-order valence-corrected chi connectivity index (χ0v) is 13.3. The lowest BCUT2D eigenvalue weighted by Crippen LogP contribution is -2.41. The number of hydrogen-bond acceptors (Lipinski definition) is 3. The van der Waals surface area contributed by atoms with Gasteiger partial charge in [-0.05, 0) is 54.5 Å². The maximum Gasteiger partial charge on any atom is 0.140 e. The summed E-state index contributed by atoms with van der Waals surface area (Å²) in [5, 5.41) is 0. The van der Waals surface area contributed by atoms with Crippen LogP contribution in [0.5, 0.6) is 11.5 Å². The van der Waals surface area contributed by atoms with Crippen LogP contribution in [0.25, 0.3) is 0 Å². The van der Waals surface area contributed by atoms with Gasteiger partial charge >= 0.3 is 0 Å². The van der Waals surface area contributed by atoms with Crippen LogP contribution in [0.4, 0.5) is 0 Å². The molecule has 2 aliphatic rings. The Hall–Kier alpha value is -0.740. The molecule has 2 atom stereocenters. The van der Waals surface area contributed by atoms with Gasteiger partial charge in [-0.3, -0.25) is 0 Å². The van der Waals surface area contributed by atoms with Crippen molar-refractivity contribution in [2.75, 3.05) is 33.9 Å². The van der Waals surface area contributed by atoms with Gasteiger partial charge in [-0.15, -0.1) is 0 Å². The normalized spacial score (nSPS) is 26.3. The second-order valence-corrected chi connectivity index (χ2v) is 6.53. The summed E-state index contributed by atoms with van der Waals surface area (Å²) in [6.07, 6.45) is 1.20. The summed E-state index contributed by atoms with van der Waals surface area (Å²) < 4.78 is 12.7.